The van der Waals surface area contributed by atoms with E-state index < -0.39 is 0 Å². The number of carbonyl (C=O) groups excluding carboxylic acids is 1. The molecule has 1 amide bonds. The first-order valence-electron chi connectivity index (χ1n) is 9.92. The van der Waals surface area contributed by atoms with Gasteiger partial charge >= 0.3 is 0 Å². The molecule has 0 saturated heterocycles. The van der Waals surface area contributed by atoms with Gasteiger partial charge in [-0.05, 0) is 31.9 Å². The summed E-state index contributed by atoms with van der Waals surface area (Å²) in [7, 11) is 0. The summed E-state index contributed by atoms with van der Waals surface area (Å²) >= 11 is 2.70. The molecule has 7 nitrogen and oxygen atoms in total. The molecule has 4 rings (SSSR count). The Bertz CT molecular complexity index is 1290. The van der Waals surface area contributed by atoms with E-state index in [1.54, 1.807) is 17.6 Å². The molecule has 1 aromatic carbocycles. The molecule has 160 valence electrons. The number of anilines is 1. The highest BCUT2D eigenvalue weighted by atomic mass is 32.2. The minimum Gasteiger partial charge on any atom is -0.360 e. The first-order chi connectivity index (χ1) is 14.9. The minimum atomic E-state index is -0.235. The third kappa shape index (κ3) is 4.72. The van der Waals surface area contributed by atoms with Gasteiger partial charge in [0.25, 0.3) is 5.56 Å². The fourth-order valence-corrected chi connectivity index (χ4v) is 4.99. The number of rotatable bonds is 7. The van der Waals surface area contributed by atoms with E-state index in [-0.39, 0.29) is 17.2 Å². The van der Waals surface area contributed by atoms with Crippen molar-refractivity contribution in [1.82, 2.24) is 14.7 Å². The molecule has 0 fully saturated rings. The Morgan fingerprint density at radius 2 is 2.00 bits per heavy atom. The van der Waals surface area contributed by atoms with Crippen LogP contribution in [0.1, 0.15) is 24.7 Å². The van der Waals surface area contributed by atoms with Gasteiger partial charge in [0.2, 0.25) is 5.91 Å². The lowest BCUT2D eigenvalue weighted by Gasteiger charge is -2.10. The summed E-state index contributed by atoms with van der Waals surface area (Å²) in [6, 6.07) is 11.8. The number of aryl methyl sites for hydroxylation is 2. The summed E-state index contributed by atoms with van der Waals surface area (Å²) in [6.07, 6.45) is 0.793. The van der Waals surface area contributed by atoms with Crippen LogP contribution < -0.4 is 10.9 Å². The van der Waals surface area contributed by atoms with Gasteiger partial charge in [-0.25, -0.2) is 4.98 Å². The highest BCUT2D eigenvalue weighted by Crippen LogP contribution is 2.32. The normalized spacial score (nSPS) is 11.2. The molecule has 0 bridgehead atoms. The molecule has 0 aliphatic rings. The molecular formula is C22H22N4O3S2. The summed E-state index contributed by atoms with van der Waals surface area (Å²) in [4.78, 5) is 31.2. The van der Waals surface area contributed by atoms with Crippen molar-refractivity contribution in [2.45, 2.75) is 38.9 Å². The van der Waals surface area contributed by atoms with Crippen molar-refractivity contribution in [3.63, 3.8) is 0 Å². The number of carbonyl (C=O) groups is 1. The number of hydrogen-bond acceptors (Lipinski definition) is 7. The van der Waals surface area contributed by atoms with Crippen LogP contribution in [0.3, 0.4) is 0 Å². The van der Waals surface area contributed by atoms with Crippen LogP contribution in [0.5, 0.6) is 0 Å². The second-order valence-electron chi connectivity index (χ2n) is 7.20. The molecule has 0 unspecified atom stereocenters. The van der Waals surface area contributed by atoms with Gasteiger partial charge in [-0.1, -0.05) is 53.7 Å². The maximum atomic E-state index is 13.2. The Balaban J connectivity index is 1.62. The van der Waals surface area contributed by atoms with E-state index in [2.05, 4.69) is 34.7 Å². The van der Waals surface area contributed by atoms with Crippen LogP contribution in [0.4, 0.5) is 5.82 Å². The first kappa shape index (κ1) is 21.3. The van der Waals surface area contributed by atoms with Gasteiger partial charge in [0, 0.05) is 17.5 Å². The maximum absolute atomic E-state index is 13.2. The van der Waals surface area contributed by atoms with Crippen LogP contribution in [0, 0.1) is 13.8 Å². The van der Waals surface area contributed by atoms with E-state index in [0.29, 0.717) is 33.5 Å². The van der Waals surface area contributed by atoms with Crippen molar-refractivity contribution >= 4 is 45.0 Å². The Morgan fingerprint density at radius 3 is 2.68 bits per heavy atom. The predicted octanol–water partition coefficient (Wildman–Crippen LogP) is 4.87. The Labute approximate surface area is 187 Å². The summed E-state index contributed by atoms with van der Waals surface area (Å²) < 4.78 is 7.26. The zero-order chi connectivity index (χ0) is 22.0. The van der Waals surface area contributed by atoms with Gasteiger partial charge in [-0.2, -0.15) is 0 Å². The van der Waals surface area contributed by atoms with Crippen molar-refractivity contribution in [2.24, 2.45) is 0 Å². The summed E-state index contributed by atoms with van der Waals surface area (Å²) in [5.41, 5.74) is 2.84. The zero-order valence-electron chi connectivity index (χ0n) is 17.5. The Morgan fingerprint density at radius 1 is 1.23 bits per heavy atom. The van der Waals surface area contributed by atoms with Crippen molar-refractivity contribution in [3.05, 3.63) is 58.1 Å². The number of hydrogen-bond donors (Lipinski definition) is 1. The SMILES string of the molecule is CCCn1c(SCC(=O)Nc2cc(C)on2)nc2cc(-c3ccc(C)cc3)sc2c1=O. The number of thiophene rings is 1. The maximum Gasteiger partial charge on any atom is 0.272 e. The van der Waals surface area contributed by atoms with Gasteiger partial charge in [0.15, 0.2) is 11.0 Å². The Hall–Kier alpha value is -2.91. The predicted molar refractivity (Wildman–Crippen MR) is 125 cm³/mol. The van der Waals surface area contributed by atoms with Gasteiger partial charge in [0.1, 0.15) is 10.5 Å². The van der Waals surface area contributed by atoms with Gasteiger partial charge in [0.05, 0.1) is 11.3 Å². The van der Waals surface area contributed by atoms with Crippen LogP contribution in [0.2, 0.25) is 0 Å². The van der Waals surface area contributed by atoms with Crippen LogP contribution in [-0.4, -0.2) is 26.4 Å². The van der Waals surface area contributed by atoms with Crippen molar-refractivity contribution < 1.29 is 9.32 Å². The number of nitrogens with zero attached hydrogens (tertiary/aromatic N) is 3. The quantitative estimate of drug-likeness (QED) is 0.316. The molecular weight excluding hydrogens is 432 g/mol. The molecule has 9 heteroatoms. The largest absolute Gasteiger partial charge is 0.360 e. The lowest BCUT2D eigenvalue weighted by molar-refractivity contribution is -0.113. The van der Waals surface area contributed by atoms with E-state index in [1.165, 1.54) is 28.7 Å². The molecule has 31 heavy (non-hydrogen) atoms. The number of amides is 1. The second-order valence-corrected chi connectivity index (χ2v) is 9.20. The lowest BCUT2D eigenvalue weighted by atomic mass is 10.1. The summed E-state index contributed by atoms with van der Waals surface area (Å²) in [6.45, 7) is 6.36. The molecule has 0 saturated carbocycles. The van der Waals surface area contributed by atoms with E-state index in [4.69, 9.17) is 9.51 Å². The fourth-order valence-electron chi connectivity index (χ4n) is 3.12. The number of fused-ring (bicyclic) bond motifs is 1. The average Bonchev–Trinajstić information content (AvgIpc) is 3.35. The number of nitrogens with one attached hydrogen (secondary N) is 1. The third-order valence-corrected chi connectivity index (χ3v) is 6.75. The van der Waals surface area contributed by atoms with E-state index in [1.807, 2.05) is 19.9 Å². The molecule has 0 spiro atoms. The average molecular weight is 455 g/mol. The van der Waals surface area contributed by atoms with Crippen molar-refractivity contribution in [3.8, 4) is 10.4 Å². The Kier molecular flexibility index (Phi) is 6.24. The van der Waals surface area contributed by atoms with Gasteiger partial charge in [-0.3, -0.25) is 14.2 Å². The smallest absolute Gasteiger partial charge is 0.272 e. The summed E-state index contributed by atoms with van der Waals surface area (Å²) in [5.74, 6) is 0.871. The highest BCUT2D eigenvalue weighted by Gasteiger charge is 2.16. The van der Waals surface area contributed by atoms with E-state index >= 15 is 0 Å². The number of thioether (sulfide) groups is 1. The number of benzene rings is 1. The molecule has 3 aromatic heterocycles. The standard InChI is InChI=1S/C22H22N4O3S2/c1-4-9-26-21(28)20-16(11-17(31-20)15-7-5-13(2)6-8-15)23-22(26)30-12-19(27)24-18-10-14(3)29-25-18/h5-8,10-11H,4,9,12H2,1-3H3,(H,24,25,27). The zero-order valence-corrected chi connectivity index (χ0v) is 19.1. The topological polar surface area (TPSA) is 90.0 Å². The molecule has 0 atom stereocenters. The molecule has 0 aliphatic heterocycles. The van der Waals surface area contributed by atoms with Crippen LogP contribution in [0.15, 0.2) is 50.9 Å². The van der Waals surface area contributed by atoms with E-state index in [0.717, 1.165) is 16.9 Å². The van der Waals surface area contributed by atoms with E-state index in [9.17, 15) is 9.59 Å². The minimum absolute atomic E-state index is 0.0646. The molecule has 3 heterocycles. The number of aromatic nitrogens is 3. The third-order valence-electron chi connectivity index (χ3n) is 4.61. The second kappa shape index (κ2) is 9.07. The van der Waals surface area contributed by atoms with Crippen molar-refractivity contribution in [2.75, 3.05) is 11.1 Å². The highest BCUT2D eigenvalue weighted by molar-refractivity contribution is 7.99. The van der Waals surface area contributed by atoms with Crippen LogP contribution in [-0.2, 0) is 11.3 Å². The van der Waals surface area contributed by atoms with Crippen LogP contribution >= 0.6 is 23.1 Å². The molecule has 0 radical (unpaired) electrons. The summed E-state index contributed by atoms with van der Waals surface area (Å²) in [5, 5.41) is 6.99. The van der Waals surface area contributed by atoms with Gasteiger partial charge < -0.3 is 9.84 Å². The monoisotopic (exact) mass is 454 g/mol. The fraction of sp³-hybridized carbons (Fsp3) is 0.273. The molecule has 0 aliphatic carbocycles. The van der Waals surface area contributed by atoms with Gasteiger partial charge in [-0.15, -0.1) is 11.3 Å². The molecule has 1 N–H and O–H groups in total. The van der Waals surface area contributed by atoms with Crippen molar-refractivity contribution in [1.29, 1.82) is 0 Å². The van der Waals surface area contributed by atoms with Crippen LogP contribution in [0.25, 0.3) is 20.7 Å². The lowest BCUT2D eigenvalue weighted by Crippen LogP contribution is -2.23. The molecule has 4 aromatic rings. The first-order valence-corrected chi connectivity index (χ1v) is 11.7.